The molecule has 0 aliphatic carbocycles. The predicted molar refractivity (Wildman–Crippen MR) is 97.9 cm³/mol. The highest BCUT2D eigenvalue weighted by atomic mass is 35.5. The number of rotatable bonds is 5. The van der Waals surface area contributed by atoms with Crippen LogP contribution in [0.2, 0.25) is 5.02 Å². The average molecular weight is 336 g/mol. The third-order valence-electron chi connectivity index (χ3n) is 3.82. The van der Waals surface area contributed by atoms with Crippen molar-refractivity contribution in [2.45, 2.75) is 13.1 Å². The van der Waals surface area contributed by atoms with Gasteiger partial charge in [-0.05, 0) is 23.3 Å². The number of benzene rings is 3. The fraction of sp³-hybridized carbons (Fsp3) is 0.0952. The molecule has 0 heterocycles. The summed E-state index contributed by atoms with van der Waals surface area (Å²) in [4.78, 5) is 14.8. The molecule has 0 unspecified atom stereocenters. The molecule has 0 atom stereocenters. The van der Waals surface area contributed by atoms with E-state index in [9.17, 15) is 4.79 Å². The van der Waals surface area contributed by atoms with Crippen molar-refractivity contribution in [2.75, 3.05) is 0 Å². The van der Waals surface area contributed by atoms with Gasteiger partial charge in [-0.15, -0.1) is 0 Å². The molecule has 0 N–H and O–H groups in total. The van der Waals surface area contributed by atoms with Crippen molar-refractivity contribution >= 4 is 17.5 Å². The van der Waals surface area contributed by atoms with Crippen LogP contribution in [-0.2, 0) is 13.1 Å². The molecule has 2 nitrogen and oxygen atoms in total. The molecule has 0 fully saturated rings. The number of amides is 1. The smallest absolute Gasteiger partial charge is 0.255 e. The third-order valence-corrected chi connectivity index (χ3v) is 4.15. The molecule has 0 aliphatic heterocycles. The van der Waals surface area contributed by atoms with Crippen LogP contribution in [0.25, 0.3) is 0 Å². The molecule has 0 radical (unpaired) electrons. The Morgan fingerprint density at radius 1 is 0.708 bits per heavy atom. The molecule has 0 aliphatic rings. The second-order valence-corrected chi connectivity index (χ2v) is 6.02. The second kappa shape index (κ2) is 7.80. The van der Waals surface area contributed by atoms with E-state index in [0.717, 1.165) is 11.1 Å². The van der Waals surface area contributed by atoms with Crippen LogP contribution in [-0.4, -0.2) is 10.8 Å². The number of carbonyl (C=O) groups excluding carboxylic acids is 1. The topological polar surface area (TPSA) is 20.3 Å². The van der Waals surface area contributed by atoms with Gasteiger partial charge in [-0.1, -0.05) is 84.4 Å². The standard InChI is InChI=1S/C21H18ClNO/c22-20-14-8-7-13-19(20)21(24)23(15-17-9-3-1-4-10-17)16-18-11-5-2-6-12-18/h1-14H,15-16H2. The van der Waals surface area contributed by atoms with Crippen LogP contribution >= 0.6 is 11.6 Å². The summed E-state index contributed by atoms with van der Waals surface area (Å²) < 4.78 is 0. The average Bonchev–Trinajstić information content (AvgIpc) is 2.63. The van der Waals surface area contributed by atoms with Gasteiger partial charge in [0.2, 0.25) is 0 Å². The van der Waals surface area contributed by atoms with Gasteiger partial charge < -0.3 is 4.90 Å². The molecule has 24 heavy (non-hydrogen) atoms. The maximum atomic E-state index is 13.0. The van der Waals surface area contributed by atoms with E-state index in [-0.39, 0.29) is 5.91 Å². The number of hydrogen-bond acceptors (Lipinski definition) is 1. The van der Waals surface area contributed by atoms with E-state index in [4.69, 9.17) is 11.6 Å². The van der Waals surface area contributed by atoms with Gasteiger partial charge in [0.25, 0.3) is 5.91 Å². The lowest BCUT2D eigenvalue weighted by molar-refractivity contribution is 0.0730. The molecule has 0 bridgehead atoms. The van der Waals surface area contributed by atoms with E-state index in [2.05, 4.69) is 0 Å². The Balaban J connectivity index is 1.89. The van der Waals surface area contributed by atoms with Gasteiger partial charge >= 0.3 is 0 Å². The van der Waals surface area contributed by atoms with Crippen molar-refractivity contribution in [3.63, 3.8) is 0 Å². The first-order chi connectivity index (χ1) is 11.7. The first-order valence-electron chi connectivity index (χ1n) is 7.85. The molecular formula is C21H18ClNO. The Hall–Kier alpha value is -2.58. The normalized spacial score (nSPS) is 10.4. The number of nitrogens with zero attached hydrogens (tertiary/aromatic N) is 1. The summed E-state index contributed by atoms with van der Waals surface area (Å²) in [7, 11) is 0. The van der Waals surface area contributed by atoms with E-state index in [1.54, 1.807) is 12.1 Å². The van der Waals surface area contributed by atoms with Crippen molar-refractivity contribution in [3.8, 4) is 0 Å². The van der Waals surface area contributed by atoms with Crippen molar-refractivity contribution in [1.82, 2.24) is 4.90 Å². The van der Waals surface area contributed by atoms with Crippen molar-refractivity contribution < 1.29 is 4.79 Å². The molecule has 120 valence electrons. The van der Waals surface area contributed by atoms with Crippen LogP contribution in [0.3, 0.4) is 0 Å². The molecular weight excluding hydrogens is 318 g/mol. The first kappa shape index (κ1) is 16.3. The minimum atomic E-state index is -0.0618. The van der Waals surface area contributed by atoms with Gasteiger partial charge in [-0.25, -0.2) is 0 Å². The SMILES string of the molecule is O=C(c1ccccc1Cl)N(Cc1ccccc1)Cc1ccccc1. The van der Waals surface area contributed by atoms with E-state index >= 15 is 0 Å². The summed E-state index contributed by atoms with van der Waals surface area (Å²) >= 11 is 6.22. The second-order valence-electron chi connectivity index (χ2n) is 5.61. The minimum absolute atomic E-state index is 0.0618. The van der Waals surface area contributed by atoms with Crippen molar-refractivity contribution in [2.24, 2.45) is 0 Å². The Labute approximate surface area is 147 Å². The largest absolute Gasteiger partial charge is 0.330 e. The van der Waals surface area contributed by atoms with E-state index in [0.29, 0.717) is 23.7 Å². The van der Waals surface area contributed by atoms with Gasteiger partial charge in [0.05, 0.1) is 10.6 Å². The maximum absolute atomic E-state index is 13.0. The summed E-state index contributed by atoms with van der Waals surface area (Å²) in [5.74, 6) is -0.0618. The van der Waals surface area contributed by atoms with Crippen LogP contribution in [0, 0.1) is 0 Å². The van der Waals surface area contributed by atoms with Crippen molar-refractivity contribution in [1.29, 1.82) is 0 Å². The van der Waals surface area contributed by atoms with E-state index < -0.39 is 0 Å². The predicted octanol–water partition coefficient (Wildman–Crippen LogP) is 5.18. The monoisotopic (exact) mass is 335 g/mol. The summed E-state index contributed by atoms with van der Waals surface area (Å²) in [6.07, 6.45) is 0. The summed E-state index contributed by atoms with van der Waals surface area (Å²) in [6.45, 7) is 1.08. The zero-order valence-electron chi connectivity index (χ0n) is 13.2. The molecule has 3 rings (SSSR count). The van der Waals surface area contributed by atoms with E-state index in [1.807, 2.05) is 77.7 Å². The van der Waals surface area contributed by atoms with Crippen LogP contribution < -0.4 is 0 Å². The zero-order valence-corrected chi connectivity index (χ0v) is 14.0. The Morgan fingerprint density at radius 3 is 1.67 bits per heavy atom. The molecule has 3 aromatic rings. The summed E-state index contributed by atoms with van der Waals surface area (Å²) in [5, 5.41) is 0.480. The fourth-order valence-corrected chi connectivity index (χ4v) is 2.83. The Bertz CT molecular complexity index is 761. The van der Waals surface area contributed by atoms with Gasteiger partial charge in [-0.3, -0.25) is 4.79 Å². The molecule has 3 aromatic carbocycles. The molecule has 0 saturated carbocycles. The van der Waals surface area contributed by atoms with Crippen LogP contribution in [0.1, 0.15) is 21.5 Å². The first-order valence-corrected chi connectivity index (χ1v) is 8.23. The summed E-state index contributed by atoms with van der Waals surface area (Å²) in [6, 6.07) is 27.2. The van der Waals surface area contributed by atoms with Crippen LogP contribution in [0.4, 0.5) is 0 Å². The molecule has 3 heteroatoms. The highest BCUT2D eigenvalue weighted by molar-refractivity contribution is 6.33. The van der Waals surface area contributed by atoms with Gasteiger partial charge in [0.15, 0.2) is 0 Å². The quantitative estimate of drug-likeness (QED) is 0.629. The molecule has 0 saturated heterocycles. The minimum Gasteiger partial charge on any atom is -0.330 e. The maximum Gasteiger partial charge on any atom is 0.255 e. The Morgan fingerprint density at radius 2 is 1.17 bits per heavy atom. The van der Waals surface area contributed by atoms with Gasteiger partial charge in [0.1, 0.15) is 0 Å². The summed E-state index contributed by atoms with van der Waals surface area (Å²) in [5.41, 5.74) is 2.72. The van der Waals surface area contributed by atoms with Crippen LogP contribution in [0.5, 0.6) is 0 Å². The van der Waals surface area contributed by atoms with Gasteiger partial charge in [0, 0.05) is 13.1 Å². The van der Waals surface area contributed by atoms with Gasteiger partial charge in [-0.2, -0.15) is 0 Å². The molecule has 1 amide bonds. The number of carbonyl (C=O) groups is 1. The lowest BCUT2D eigenvalue weighted by Gasteiger charge is -2.23. The number of hydrogen-bond donors (Lipinski definition) is 0. The highest BCUT2D eigenvalue weighted by Gasteiger charge is 2.18. The Kier molecular flexibility index (Phi) is 5.29. The van der Waals surface area contributed by atoms with E-state index in [1.165, 1.54) is 0 Å². The van der Waals surface area contributed by atoms with Crippen molar-refractivity contribution in [3.05, 3.63) is 107 Å². The van der Waals surface area contributed by atoms with Crippen LogP contribution in [0.15, 0.2) is 84.9 Å². The fourth-order valence-electron chi connectivity index (χ4n) is 2.61. The lowest BCUT2D eigenvalue weighted by atomic mass is 10.1. The molecule has 0 spiro atoms. The zero-order chi connectivity index (χ0) is 16.8. The lowest BCUT2D eigenvalue weighted by Crippen LogP contribution is -2.30. The third kappa shape index (κ3) is 4.03. The highest BCUT2D eigenvalue weighted by Crippen LogP contribution is 2.20. The number of halogens is 1. The molecule has 0 aromatic heterocycles.